The lowest BCUT2D eigenvalue weighted by Crippen LogP contribution is -2.26. The van der Waals surface area contributed by atoms with E-state index < -0.39 is 19.4 Å². The highest BCUT2D eigenvalue weighted by atomic mass is 15.1. The Balaban J connectivity index is 2.08. The standard InChI is InChI=1S/C15H20N2/c1-11-5-3-7-14-15(11)12(10-16-14)9-13-6-4-8-17(13)2/h3,5,7,10,13,16H,4,6,8-9H2,1-2H3/t13-/m1/s1/i2D3,9D2. The summed E-state index contributed by atoms with van der Waals surface area (Å²) in [6.07, 6.45) is 1.25. The number of nitrogens with one attached hydrogen (secondary N) is 1. The van der Waals surface area contributed by atoms with Crippen molar-refractivity contribution in [1.29, 1.82) is 0 Å². The molecule has 3 rings (SSSR count). The van der Waals surface area contributed by atoms with Crippen LogP contribution in [-0.2, 0) is 6.37 Å². The normalized spacial score (nSPS) is 27.4. The van der Waals surface area contributed by atoms with E-state index in [0.29, 0.717) is 24.9 Å². The number of likely N-dealkylation sites (tertiary alicyclic amines) is 1. The van der Waals surface area contributed by atoms with E-state index in [1.165, 1.54) is 4.90 Å². The molecule has 1 saturated heterocycles. The Morgan fingerprint density at radius 3 is 3.41 bits per heavy atom. The number of aryl methyl sites for hydroxylation is 1. The Hall–Kier alpha value is -1.28. The first-order chi connectivity index (χ1) is 10.2. The number of nitrogens with zero attached hydrogens (tertiary/aromatic N) is 1. The zero-order chi connectivity index (χ0) is 16.1. The van der Waals surface area contributed by atoms with Crippen LogP contribution >= 0.6 is 0 Å². The Bertz CT molecular complexity index is 689. The first-order valence-electron chi connectivity index (χ1n) is 8.57. The minimum Gasteiger partial charge on any atom is -0.361 e. The van der Waals surface area contributed by atoms with E-state index in [9.17, 15) is 0 Å². The zero-order valence-corrected chi connectivity index (χ0v) is 9.96. The molecular weight excluding hydrogens is 208 g/mol. The Morgan fingerprint density at radius 2 is 2.53 bits per heavy atom. The molecule has 0 radical (unpaired) electrons. The second-order valence-electron chi connectivity index (χ2n) is 4.70. The van der Waals surface area contributed by atoms with Gasteiger partial charge in [-0.3, -0.25) is 0 Å². The van der Waals surface area contributed by atoms with Crippen molar-refractivity contribution < 1.29 is 6.85 Å². The van der Waals surface area contributed by atoms with Crippen LogP contribution in [0.2, 0.25) is 0 Å². The van der Waals surface area contributed by atoms with Gasteiger partial charge >= 0.3 is 0 Å². The van der Waals surface area contributed by atoms with E-state index in [1.54, 1.807) is 6.20 Å². The smallest absolute Gasteiger partial charge is 0.0459 e. The molecule has 1 fully saturated rings. The van der Waals surface area contributed by atoms with E-state index in [2.05, 4.69) is 4.98 Å². The molecular formula is C15H20N2. The monoisotopic (exact) mass is 233 g/mol. The van der Waals surface area contributed by atoms with Crippen LogP contribution in [0.5, 0.6) is 0 Å². The molecule has 2 heteroatoms. The van der Waals surface area contributed by atoms with Gasteiger partial charge < -0.3 is 9.88 Å². The maximum Gasteiger partial charge on any atom is 0.0459 e. The fourth-order valence-electron chi connectivity index (χ4n) is 2.58. The second-order valence-corrected chi connectivity index (χ2v) is 4.70. The molecule has 0 saturated carbocycles. The van der Waals surface area contributed by atoms with Crippen molar-refractivity contribution in [2.45, 2.75) is 32.2 Å². The van der Waals surface area contributed by atoms with Gasteiger partial charge in [0, 0.05) is 30.0 Å². The van der Waals surface area contributed by atoms with Crippen LogP contribution in [0.3, 0.4) is 0 Å². The van der Waals surface area contributed by atoms with Gasteiger partial charge in [-0.05, 0) is 56.9 Å². The lowest BCUT2D eigenvalue weighted by molar-refractivity contribution is 0.310. The van der Waals surface area contributed by atoms with E-state index in [-0.39, 0.29) is 0 Å². The highest BCUT2D eigenvalue weighted by molar-refractivity contribution is 5.86. The highest BCUT2D eigenvalue weighted by Gasteiger charge is 2.22. The summed E-state index contributed by atoms with van der Waals surface area (Å²) >= 11 is 0. The molecule has 1 aliphatic heterocycles. The van der Waals surface area contributed by atoms with Crippen LogP contribution in [0.4, 0.5) is 0 Å². The number of hydrogen-bond acceptors (Lipinski definition) is 1. The number of rotatable bonds is 2. The number of likely N-dealkylation sites (N-methyl/N-ethyl adjacent to an activating group) is 1. The predicted molar refractivity (Wildman–Crippen MR) is 72.4 cm³/mol. The molecule has 90 valence electrons. The molecule has 0 bridgehead atoms. The quantitative estimate of drug-likeness (QED) is 0.844. The molecule has 0 aliphatic carbocycles. The summed E-state index contributed by atoms with van der Waals surface area (Å²) < 4.78 is 40.2. The minimum atomic E-state index is -2.25. The van der Waals surface area contributed by atoms with Gasteiger partial charge in [-0.1, -0.05) is 12.1 Å². The van der Waals surface area contributed by atoms with Gasteiger partial charge in [0.15, 0.2) is 0 Å². The van der Waals surface area contributed by atoms with Gasteiger partial charge in [0.05, 0.1) is 0 Å². The van der Waals surface area contributed by atoms with E-state index in [1.807, 2.05) is 25.1 Å². The molecule has 0 amide bonds. The van der Waals surface area contributed by atoms with Crippen molar-refractivity contribution in [3.8, 4) is 0 Å². The predicted octanol–water partition coefficient (Wildman–Crippen LogP) is 3.11. The van der Waals surface area contributed by atoms with Crippen LogP contribution in [0.25, 0.3) is 10.9 Å². The molecule has 1 aliphatic rings. The molecule has 1 aromatic heterocycles. The van der Waals surface area contributed by atoms with E-state index >= 15 is 0 Å². The Kier molecular flexibility index (Phi) is 1.63. The molecule has 2 heterocycles. The third-order valence-electron chi connectivity index (χ3n) is 3.49. The minimum absolute atomic E-state index is 0.419. The highest BCUT2D eigenvalue weighted by Crippen LogP contribution is 2.26. The summed E-state index contributed by atoms with van der Waals surface area (Å²) in [7, 11) is 0. The van der Waals surface area contributed by atoms with Crippen molar-refractivity contribution in [2.75, 3.05) is 13.5 Å². The zero-order valence-electron chi connectivity index (χ0n) is 15.0. The number of hydrogen-bond donors (Lipinski definition) is 1. The van der Waals surface area contributed by atoms with Crippen molar-refractivity contribution in [2.24, 2.45) is 0 Å². The fraction of sp³-hybridized carbons (Fsp3) is 0.467. The number of H-pyrrole nitrogens is 1. The summed E-state index contributed by atoms with van der Waals surface area (Å²) in [6, 6.07) is 5.17. The largest absolute Gasteiger partial charge is 0.361 e. The Morgan fingerprint density at radius 1 is 1.59 bits per heavy atom. The number of aromatic nitrogens is 1. The lowest BCUT2D eigenvalue weighted by Gasteiger charge is -2.19. The van der Waals surface area contributed by atoms with Crippen LogP contribution in [0.15, 0.2) is 24.4 Å². The van der Waals surface area contributed by atoms with Crippen LogP contribution < -0.4 is 0 Å². The molecule has 0 spiro atoms. The average molecular weight is 233 g/mol. The van der Waals surface area contributed by atoms with Gasteiger partial charge in [-0.15, -0.1) is 0 Å². The lowest BCUT2D eigenvalue weighted by atomic mass is 10.0. The average Bonchev–Trinajstić information content (AvgIpc) is 3.06. The first-order valence-corrected chi connectivity index (χ1v) is 6.07. The summed E-state index contributed by atoms with van der Waals surface area (Å²) in [5.74, 6) is 0. The topological polar surface area (TPSA) is 19.0 Å². The van der Waals surface area contributed by atoms with Crippen molar-refractivity contribution in [3.63, 3.8) is 0 Å². The van der Waals surface area contributed by atoms with Crippen molar-refractivity contribution >= 4 is 10.9 Å². The van der Waals surface area contributed by atoms with Gasteiger partial charge in [0.2, 0.25) is 0 Å². The summed E-state index contributed by atoms with van der Waals surface area (Å²) in [6.45, 7) is 0.115. The van der Waals surface area contributed by atoms with Crippen LogP contribution in [0, 0.1) is 6.92 Å². The number of fused-ring (bicyclic) bond motifs is 1. The van der Waals surface area contributed by atoms with Crippen LogP contribution in [-0.4, -0.2) is 29.4 Å². The number of benzene rings is 1. The third kappa shape index (κ3) is 1.87. The Labute approximate surface area is 110 Å². The molecule has 17 heavy (non-hydrogen) atoms. The van der Waals surface area contributed by atoms with Gasteiger partial charge in [-0.25, -0.2) is 0 Å². The van der Waals surface area contributed by atoms with Crippen LogP contribution in [0.1, 0.15) is 30.8 Å². The second kappa shape index (κ2) is 4.19. The molecule has 1 N–H and O–H groups in total. The molecule has 1 aromatic carbocycles. The maximum atomic E-state index is 8.63. The molecule has 2 aromatic rings. The summed E-state index contributed by atoms with van der Waals surface area (Å²) in [4.78, 5) is 4.45. The SMILES string of the molecule is [2H]C([2H])(c1c[nH]c2cccc(C)c12)[C@H]1CCCN1C([2H])([2H])[2H]. The number of aromatic amines is 1. The summed E-state index contributed by atoms with van der Waals surface area (Å²) in [5, 5.41) is 0.866. The third-order valence-corrected chi connectivity index (χ3v) is 3.49. The van der Waals surface area contributed by atoms with Gasteiger partial charge in [0.25, 0.3) is 0 Å². The van der Waals surface area contributed by atoms with Crippen molar-refractivity contribution in [3.05, 3.63) is 35.5 Å². The van der Waals surface area contributed by atoms with E-state index in [4.69, 9.17) is 6.85 Å². The van der Waals surface area contributed by atoms with Gasteiger partial charge in [0.1, 0.15) is 0 Å². The molecule has 0 unspecified atom stereocenters. The first kappa shape index (κ1) is 6.60. The van der Waals surface area contributed by atoms with Crippen molar-refractivity contribution in [1.82, 2.24) is 9.88 Å². The fourth-order valence-corrected chi connectivity index (χ4v) is 2.58. The van der Waals surface area contributed by atoms with Gasteiger partial charge in [-0.2, -0.15) is 0 Å². The molecule has 2 nitrogen and oxygen atoms in total. The summed E-state index contributed by atoms with van der Waals surface area (Å²) in [5.41, 5.74) is 2.44. The maximum absolute atomic E-state index is 8.63. The molecule has 1 atom stereocenters. The van der Waals surface area contributed by atoms with E-state index in [0.717, 1.165) is 16.5 Å².